The SMILES string of the molecule is CN1CCCC(NCc2cc(Br)ccc2[N+](=O)[O-])C1. The van der Waals surface area contributed by atoms with Gasteiger partial charge in [0.25, 0.3) is 5.69 Å². The highest BCUT2D eigenvalue weighted by Gasteiger charge is 2.19. The average molecular weight is 328 g/mol. The summed E-state index contributed by atoms with van der Waals surface area (Å²) in [5, 5.41) is 14.4. The number of nitro groups is 1. The van der Waals surface area contributed by atoms with Gasteiger partial charge in [0, 0.05) is 35.2 Å². The average Bonchev–Trinajstić information content (AvgIpc) is 2.36. The summed E-state index contributed by atoms with van der Waals surface area (Å²) in [4.78, 5) is 13.0. The molecule has 1 heterocycles. The number of hydrogen-bond acceptors (Lipinski definition) is 4. The summed E-state index contributed by atoms with van der Waals surface area (Å²) in [5.74, 6) is 0. The first-order valence-electron chi connectivity index (χ1n) is 6.41. The van der Waals surface area contributed by atoms with Crippen molar-refractivity contribution < 1.29 is 4.92 Å². The number of likely N-dealkylation sites (tertiary alicyclic amines) is 1. The molecule has 6 heteroatoms. The molecule has 0 radical (unpaired) electrons. The molecule has 19 heavy (non-hydrogen) atoms. The molecule has 104 valence electrons. The number of nitrogens with zero attached hydrogens (tertiary/aromatic N) is 2. The van der Waals surface area contributed by atoms with E-state index in [1.165, 1.54) is 6.42 Å². The van der Waals surface area contributed by atoms with E-state index >= 15 is 0 Å². The van der Waals surface area contributed by atoms with Crippen LogP contribution in [0.15, 0.2) is 22.7 Å². The van der Waals surface area contributed by atoms with Gasteiger partial charge < -0.3 is 10.2 Å². The molecule has 1 aromatic carbocycles. The zero-order valence-electron chi connectivity index (χ0n) is 10.9. The van der Waals surface area contributed by atoms with E-state index in [0.29, 0.717) is 12.6 Å². The maximum Gasteiger partial charge on any atom is 0.273 e. The Balaban J connectivity index is 2.02. The Morgan fingerprint density at radius 1 is 1.58 bits per heavy atom. The number of rotatable bonds is 4. The Bertz CT molecular complexity index is 467. The van der Waals surface area contributed by atoms with Crippen molar-refractivity contribution in [1.82, 2.24) is 10.2 Å². The number of benzene rings is 1. The highest BCUT2D eigenvalue weighted by atomic mass is 79.9. The molecule has 0 amide bonds. The minimum atomic E-state index is -0.323. The van der Waals surface area contributed by atoms with Crippen molar-refractivity contribution in [3.63, 3.8) is 0 Å². The molecule has 0 saturated carbocycles. The molecule has 1 N–H and O–H groups in total. The van der Waals surface area contributed by atoms with Gasteiger partial charge in [-0.2, -0.15) is 0 Å². The highest BCUT2D eigenvalue weighted by Crippen LogP contribution is 2.23. The molecular weight excluding hydrogens is 310 g/mol. The molecule has 0 bridgehead atoms. The second kappa shape index (κ2) is 6.45. The van der Waals surface area contributed by atoms with Crippen LogP contribution in [0.3, 0.4) is 0 Å². The Kier molecular flexibility index (Phi) is 4.90. The number of nitro benzene ring substituents is 1. The van der Waals surface area contributed by atoms with Crippen LogP contribution >= 0.6 is 15.9 Å². The van der Waals surface area contributed by atoms with Crippen molar-refractivity contribution in [3.05, 3.63) is 38.3 Å². The van der Waals surface area contributed by atoms with Crippen LogP contribution in [0, 0.1) is 10.1 Å². The minimum Gasteiger partial charge on any atom is -0.308 e. The van der Waals surface area contributed by atoms with E-state index in [9.17, 15) is 10.1 Å². The van der Waals surface area contributed by atoms with Gasteiger partial charge in [-0.25, -0.2) is 0 Å². The molecule has 0 spiro atoms. The normalized spacial score (nSPS) is 20.4. The molecule has 1 aliphatic heterocycles. The zero-order chi connectivity index (χ0) is 13.8. The summed E-state index contributed by atoms with van der Waals surface area (Å²) < 4.78 is 0.871. The first-order chi connectivity index (χ1) is 9.06. The standard InChI is InChI=1S/C13H18BrN3O2/c1-16-6-2-3-12(9-16)15-8-10-7-11(14)4-5-13(10)17(18)19/h4-5,7,12,15H,2-3,6,8-9H2,1H3. The van der Waals surface area contributed by atoms with Crippen LogP contribution in [0.4, 0.5) is 5.69 Å². The van der Waals surface area contributed by atoms with E-state index in [0.717, 1.165) is 29.5 Å². The van der Waals surface area contributed by atoms with Crippen molar-refractivity contribution in [3.8, 4) is 0 Å². The van der Waals surface area contributed by atoms with Crippen LogP contribution in [0.25, 0.3) is 0 Å². The Morgan fingerprint density at radius 3 is 3.05 bits per heavy atom. The second-order valence-corrected chi connectivity index (χ2v) is 5.93. The van der Waals surface area contributed by atoms with E-state index in [-0.39, 0.29) is 10.6 Å². The van der Waals surface area contributed by atoms with Gasteiger partial charge in [-0.05, 0) is 38.6 Å². The molecule has 1 fully saturated rings. The fraction of sp³-hybridized carbons (Fsp3) is 0.538. The fourth-order valence-corrected chi connectivity index (χ4v) is 2.87. The maximum atomic E-state index is 11.0. The van der Waals surface area contributed by atoms with Crippen LogP contribution in [0.5, 0.6) is 0 Å². The molecule has 1 aliphatic rings. The largest absolute Gasteiger partial charge is 0.308 e. The van der Waals surface area contributed by atoms with Crippen LogP contribution < -0.4 is 5.32 Å². The maximum absolute atomic E-state index is 11.0. The molecule has 5 nitrogen and oxygen atoms in total. The lowest BCUT2D eigenvalue weighted by molar-refractivity contribution is -0.385. The summed E-state index contributed by atoms with van der Waals surface area (Å²) in [6.07, 6.45) is 2.31. The van der Waals surface area contributed by atoms with Gasteiger partial charge in [-0.15, -0.1) is 0 Å². The lowest BCUT2D eigenvalue weighted by atomic mass is 10.1. The van der Waals surface area contributed by atoms with E-state index in [4.69, 9.17) is 0 Å². The third-order valence-corrected chi connectivity index (χ3v) is 3.94. The van der Waals surface area contributed by atoms with E-state index < -0.39 is 0 Å². The third kappa shape index (κ3) is 3.99. The molecule has 1 unspecified atom stereocenters. The van der Waals surface area contributed by atoms with Gasteiger partial charge in [0.15, 0.2) is 0 Å². The highest BCUT2D eigenvalue weighted by molar-refractivity contribution is 9.10. The number of likely N-dealkylation sites (N-methyl/N-ethyl adjacent to an activating group) is 1. The van der Waals surface area contributed by atoms with Gasteiger partial charge in [0.1, 0.15) is 0 Å². The van der Waals surface area contributed by atoms with Gasteiger partial charge >= 0.3 is 0 Å². The van der Waals surface area contributed by atoms with E-state index in [1.807, 2.05) is 6.07 Å². The number of nitrogens with one attached hydrogen (secondary N) is 1. The van der Waals surface area contributed by atoms with Crippen molar-refractivity contribution in [1.29, 1.82) is 0 Å². The van der Waals surface area contributed by atoms with Crippen molar-refractivity contribution >= 4 is 21.6 Å². The van der Waals surface area contributed by atoms with Gasteiger partial charge in [0.05, 0.1) is 4.92 Å². The molecule has 0 aromatic heterocycles. The van der Waals surface area contributed by atoms with Gasteiger partial charge in [-0.3, -0.25) is 10.1 Å². The minimum absolute atomic E-state index is 0.180. The monoisotopic (exact) mass is 327 g/mol. The Hall–Kier alpha value is -0.980. The smallest absolute Gasteiger partial charge is 0.273 e. The number of halogens is 1. The molecule has 0 aliphatic carbocycles. The van der Waals surface area contributed by atoms with Crippen molar-refractivity contribution in [2.45, 2.75) is 25.4 Å². The van der Waals surface area contributed by atoms with Crippen molar-refractivity contribution in [2.75, 3.05) is 20.1 Å². The molecular formula is C13H18BrN3O2. The zero-order valence-corrected chi connectivity index (χ0v) is 12.5. The topological polar surface area (TPSA) is 58.4 Å². The van der Waals surface area contributed by atoms with Crippen LogP contribution in [0.2, 0.25) is 0 Å². The van der Waals surface area contributed by atoms with Crippen LogP contribution in [-0.4, -0.2) is 36.0 Å². The van der Waals surface area contributed by atoms with Crippen LogP contribution in [-0.2, 0) is 6.54 Å². The van der Waals surface area contributed by atoms with Crippen molar-refractivity contribution in [2.24, 2.45) is 0 Å². The number of piperidine rings is 1. The fourth-order valence-electron chi connectivity index (χ4n) is 2.46. The van der Waals surface area contributed by atoms with Crippen LogP contribution in [0.1, 0.15) is 18.4 Å². The predicted octanol–water partition coefficient (Wildman–Crippen LogP) is 2.54. The summed E-state index contributed by atoms with van der Waals surface area (Å²) in [6, 6.07) is 5.49. The van der Waals surface area contributed by atoms with Gasteiger partial charge in [0.2, 0.25) is 0 Å². The lowest BCUT2D eigenvalue weighted by Gasteiger charge is -2.30. The summed E-state index contributed by atoms with van der Waals surface area (Å²) in [7, 11) is 2.11. The molecule has 1 atom stereocenters. The second-order valence-electron chi connectivity index (χ2n) is 5.01. The predicted molar refractivity (Wildman–Crippen MR) is 78.2 cm³/mol. The van der Waals surface area contributed by atoms with E-state index in [1.54, 1.807) is 12.1 Å². The molecule has 2 rings (SSSR count). The first-order valence-corrected chi connectivity index (χ1v) is 7.20. The van der Waals surface area contributed by atoms with E-state index in [2.05, 4.69) is 33.2 Å². The summed E-state index contributed by atoms with van der Waals surface area (Å²) >= 11 is 3.36. The third-order valence-electron chi connectivity index (χ3n) is 3.44. The number of hydrogen-bond donors (Lipinski definition) is 1. The summed E-state index contributed by atoms with van der Waals surface area (Å²) in [5.41, 5.74) is 0.910. The summed E-state index contributed by atoms with van der Waals surface area (Å²) in [6.45, 7) is 2.67. The lowest BCUT2D eigenvalue weighted by Crippen LogP contribution is -2.43. The quantitative estimate of drug-likeness (QED) is 0.682. The molecule has 1 saturated heterocycles. The Morgan fingerprint density at radius 2 is 2.37 bits per heavy atom. The Labute approximate surface area is 121 Å². The van der Waals surface area contributed by atoms with Gasteiger partial charge in [-0.1, -0.05) is 15.9 Å². The first kappa shape index (κ1) is 14.4. The molecule has 1 aromatic rings.